The number of nitroso groups, excluding NO2 is 1. The third-order valence-electron chi connectivity index (χ3n) is 2.54. The van der Waals surface area contributed by atoms with Crippen LogP contribution < -0.4 is 5.01 Å². The topological polar surface area (TPSA) is 65.8 Å². The van der Waals surface area contributed by atoms with Crippen molar-refractivity contribution in [3.05, 3.63) is 65.2 Å². The minimum absolute atomic E-state index is 0.0739. The van der Waals surface area contributed by atoms with Crippen molar-refractivity contribution in [3.63, 3.8) is 0 Å². The fourth-order valence-corrected chi connectivity index (χ4v) is 1.62. The first kappa shape index (κ1) is 12.2. The second kappa shape index (κ2) is 5.88. The quantitative estimate of drug-likeness (QED) is 0.646. The Kier molecular flexibility index (Phi) is 3.98. The van der Waals surface area contributed by atoms with Crippen LogP contribution in [0.3, 0.4) is 0 Å². The fraction of sp³-hybridized carbons (Fsp3) is 0.154. The molecule has 0 spiro atoms. The van der Waals surface area contributed by atoms with Crippen LogP contribution in [0.25, 0.3) is 0 Å². The van der Waals surface area contributed by atoms with Crippen LogP contribution in [0.1, 0.15) is 11.7 Å². The number of aliphatic hydroxyl groups excluding tert-OH is 1. The van der Waals surface area contributed by atoms with Crippen LogP contribution in [0.2, 0.25) is 0 Å². The van der Waals surface area contributed by atoms with Crippen molar-refractivity contribution in [1.29, 1.82) is 0 Å². The van der Waals surface area contributed by atoms with E-state index in [0.717, 1.165) is 10.6 Å². The number of hydrogen-bond acceptors (Lipinski definition) is 4. The number of rotatable bonds is 5. The highest BCUT2D eigenvalue weighted by molar-refractivity contribution is 5.37. The zero-order valence-electron chi connectivity index (χ0n) is 9.68. The van der Waals surface area contributed by atoms with Gasteiger partial charge in [0.05, 0.1) is 17.9 Å². The summed E-state index contributed by atoms with van der Waals surface area (Å²) in [4.78, 5) is 14.8. The Morgan fingerprint density at radius 2 is 1.89 bits per heavy atom. The zero-order valence-corrected chi connectivity index (χ0v) is 9.68. The summed E-state index contributed by atoms with van der Waals surface area (Å²) in [6.07, 6.45) is 0.786. The number of aliphatic hydroxyl groups is 1. The van der Waals surface area contributed by atoms with E-state index in [1.807, 2.05) is 18.2 Å². The molecule has 0 aliphatic carbocycles. The summed E-state index contributed by atoms with van der Waals surface area (Å²) in [6, 6.07) is 14.3. The van der Waals surface area contributed by atoms with Gasteiger partial charge in [-0.3, -0.25) is 0 Å². The average molecular weight is 243 g/mol. The molecule has 0 bridgehead atoms. The number of pyridine rings is 1. The van der Waals surface area contributed by atoms with Crippen LogP contribution >= 0.6 is 0 Å². The highest BCUT2D eigenvalue weighted by Crippen LogP contribution is 2.17. The molecule has 18 heavy (non-hydrogen) atoms. The number of hydrogen-bond donors (Lipinski definition) is 1. The van der Waals surface area contributed by atoms with Gasteiger partial charge in [0.25, 0.3) is 0 Å². The van der Waals surface area contributed by atoms with Crippen molar-refractivity contribution >= 4 is 5.82 Å². The molecule has 5 nitrogen and oxygen atoms in total. The van der Waals surface area contributed by atoms with Crippen molar-refractivity contribution in [1.82, 2.24) is 4.98 Å². The van der Waals surface area contributed by atoms with Gasteiger partial charge in [-0.1, -0.05) is 36.4 Å². The maximum absolute atomic E-state index is 10.8. The molecular formula is C13H13N3O2. The first-order valence-electron chi connectivity index (χ1n) is 5.56. The van der Waals surface area contributed by atoms with Gasteiger partial charge in [-0.05, 0) is 17.7 Å². The Morgan fingerprint density at radius 3 is 2.50 bits per heavy atom. The van der Waals surface area contributed by atoms with Gasteiger partial charge in [-0.2, -0.15) is 0 Å². The van der Waals surface area contributed by atoms with Crippen molar-refractivity contribution in [2.45, 2.75) is 6.10 Å². The lowest BCUT2D eigenvalue weighted by Crippen LogP contribution is -2.23. The Balaban J connectivity index is 2.10. The molecular weight excluding hydrogens is 230 g/mol. The van der Waals surface area contributed by atoms with E-state index in [9.17, 15) is 10.0 Å². The van der Waals surface area contributed by atoms with E-state index in [1.165, 1.54) is 0 Å². The lowest BCUT2D eigenvalue weighted by molar-refractivity contribution is 0.183. The van der Waals surface area contributed by atoms with Crippen LogP contribution in [-0.4, -0.2) is 16.6 Å². The molecule has 1 atom stereocenters. The minimum Gasteiger partial charge on any atom is -0.386 e. The van der Waals surface area contributed by atoms with Crippen LogP contribution in [0, 0.1) is 4.91 Å². The van der Waals surface area contributed by atoms with Crippen molar-refractivity contribution in [3.8, 4) is 0 Å². The van der Waals surface area contributed by atoms with Gasteiger partial charge >= 0.3 is 0 Å². The normalized spacial score (nSPS) is 11.8. The molecule has 0 amide bonds. The van der Waals surface area contributed by atoms with Crippen LogP contribution in [-0.2, 0) is 0 Å². The molecule has 0 saturated heterocycles. The summed E-state index contributed by atoms with van der Waals surface area (Å²) in [6.45, 7) is 0.0739. The maximum atomic E-state index is 10.8. The van der Waals surface area contributed by atoms with Crippen LogP contribution in [0.4, 0.5) is 5.82 Å². The summed E-state index contributed by atoms with van der Waals surface area (Å²) in [5.74, 6) is 0.419. The molecule has 2 rings (SSSR count). The van der Waals surface area contributed by atoms with Gasteiger partial charge < -0.3 is 5.11 Å². The molecule has 1 N–H and O–H groups in total. The van der Waals surface area contributed by atoms with Crippen molar-refractivity contribution < 1.29 is 5.11 Å². The first-order chi connectivity index (χ1) is 8.81. The fourth-order valence-electron chi connectivity index (χ4n) is 1.62. The van der Waals surface area contributed by atoms with Crippen LogP contribution in [0.15, 0.2) is 60.0 Å². The second-order valence-electron chi connectivity index (χ2n) is 3.78. The average Bonchev–Trinajstić information content (AvgIpc) is 2.46. The molecule has 0 aliphatic heterocycles. The molecule has 0 radical (unpaired) electrons. The number of benzene rings is 1. The van der Waals surface area contributed by atoms with E-state index in [2.05, 4.69) is 10.3 Å². The highest BCUT2D eigenvalue weighted by atomic mass is 16.3. The molecule has 1 heterocycles. The predicted molar refractivity (Wildman–Crippen MR) is 68.8 cm³/mol. The highest BCUT2D eigenvalue weighted by Gasteiger charge is 2.15. The maximum Gasteiger partial charge on any atom is 0.151 e. The molecule has 0 aliphatic rings. The summed E-state index contributed by atoms with van der Waals surface area (Å²) in [7, 11) is 0. The Bertz CT molecular complexity index is 490. The molecule has 92 valence electrons. The lowest BCUT2D eigenvalue weighted by Gasteiger charge is -2.18. The number of anilines is 1. The zero-order chi connectivity index (χ0) is 12.8. The third kappa shape index (κ3) is 2.89. The summed E-state index contributed by atoms with van der Waals surface area (Å²) in [5, 5.41) is 14.0. The van der Waals surface area contributed by atoms with E-state index >= 15 is 0 Å². The Labute approximate surface area is 105 Å². The lowest BCUT2D eigenvalue weighted by atomic mass is 10.1. The molecule has 1 aromatic heterocycles. The van der Waals surface area contributed by atoms with Gasteiger partial charge in [0, 0.05) is 6.20 Å². The predicted octanol–water partition coefficient (Wildman–Crippen LogP) is 2.30. The van der Waals surface area contributed by atoms with E-state index in [4.69, 9.17) is 0 Å². The summed E-state index contributed by atoms with van der Waals surface area (Å²) < 4.78 is 0. The van der Waals surface area contributed by atoms with E-state index in [1.54, 1.807) is 36.5 Å². The van der Waals surface area contributed by atoms with E-state index in [0.29, 0.717) is 5.82 Å². The molecule has 1 aromatic carbocycles. The smallest absolute Gasteiger partial charge is 0.151 e. The largest absolute Gasteiger partial charge is 0.386 e. The second-order valence-corrected chi connectivity index (χ2v) is 3.78. The standard InChI is InChI=1S/C13H13N3O2/c17-12(11-6-2-1-3-7-11)10-16(15-18)13-8-4-5-9-14-13/h1-9,12,17H,10H2. The first-order valence-corrected chi connectivity index (χ1v) is 5.56. The van der Waals surface area contributed by atoms with Gasteiger partial charge in [0.15, 0.2) is 5.82 Å². The number of aromatic nitrogens is 1. The molecule has 5 heteroatoms. The molecule has 0 fully saturated rings. The molecule has 1 unspecified atom stereocenters. The summed E-state index contributed by atoms with van der Waals surface area (Å²) in [5.41, 5.74) is 0.738. The Hall–Kier alpha value is -2.27. The summed E-state index contributed by atoms with van der Waals surface area (Å²) >= 11 is 0. The van der Waals surface area contributed by atoms with Gasteiger partial charge in [0.1, 0.15) is 0 Å². The van der Waals surface area contributed by atoms with Crippen LogP contribution in [0.5, 0.6) is 0 Å². The van der Waals surface area contributed by atoms with E-state index in [-0.39, 0.29) is 6.54 Å². The van der Waals surface area contributed by atoms with Gasteiger partial charge in [-0.15, -0.1) is 4.91 Å². The SMILES string of the molecule is O=NN(CC(O)c1ccccc1)c1ccccn1. The van der Waals surface area contributed by atoms with E-state index < -0.39 is 6.10 Å². The van der Waals surface area contributed by atoms with Gasteiger partial charge in [0.2, 0.25) is 0 Å². The molecule has 2 aromatic rings. The van der Waals surface area contributed by atoms with Crippen molar-refractivity contribution in [2.24, 2.45) is 5.29 Å². The molecule has 0 saturated carbocycles. The monoisotopic (exact) mass is 243 g/mol. The Morgan fingerprint density at radius 1 is 1.17 bits per heavy atom. The minimum atomic E-state index is -0.786. The third-order valence-corrected chi connectivity index (χ3v) is 2.54. The van der Waals surface area contributed by atoms with Gasteiger partial charge in [-0.25, -0.2) is 9.99 Å². The number of nitrogens with zero attached hydrogens (tertiary/aromatic N) is 3. The van der Waals surface area contributed by atoms with Crippen molar-refractivity contribution in [2.75, 3.05) is 11.6 Å².